The van der Waals surface area contributed by atoms with Crippen LogP contribution >= 0.6 is 11.3 Å². The molecule has 1 atom stereocenters. The molecule has 1 saturated carbocycles. The fourth-order valence-electron chi connectivity index (χ4n) is 3.77. The molecule has 38 heavy (non-hydrogen) atoms. The Hall–Kier alpha value is -3.09. The number of aromatic nitrogens is 3. The SMILES string of the molecule is CC.CNC(=O)OC(C)C.NS(=O)c1cc(C(=O)Nc2ncc[nH]2)ccc1-c1cnc(C2CCCCC2)s1. The van der Waals surface area contributed by atoms with Crippen molar-refractivity contribution < 1.29 is 18.5 Å². The first-order valence-corrected chi connectivity index (χ1v) is 14.8. The van der Waals surface area contributed by atoms with Gasteiger partial charge >= 0.3 is 6.09 Å². The third kappa shape index (κ3) is 9.34. The number of carbonyl (C=O) groups is 2. The highest BCUT2D eigenvalue weighted by Crippen LogP contribution is 2.38. The van der Waals surface area contributed by atoms with Crippen molar-refractivity contribution in [3.05, 3.63) is 47.4 Å². The molecule has 5 N–H and O–H groups in total. The zero-order valence-corrected chi connectivity index (χ0v) is 24.2. The van der Waals surface area contributed by atoms with E-state index in [0.717, 1.165) is 15.4 Å². The van der Waals surface area contributed by atoms with Gasteiger partial charge in [-0.25, -0.2) is 24.1 Å². The van der Waals surface area contributed by atoms with Crippen LogP contribution in [0.4, 0.5) is 10.7 Å². The minimum absolute atomic E-state index is 0.0325. The summed E-state index contributed by atoms with van der Waals surface area (Å²) in [5, 5.41) is 11.8. The Balaban J connectivity index is 0.000000437. The van der Waals surface area contributed by atoms with Crippen molar-refractivity contribution in [2.45, 2.75) is 76.7 Å². The molecule has 1 fully saturated rings. The van der Waals surface area contributed by atoms with Crippen molar-refractivity contribution in [2.24, 2.45) is 5.14 Å². The topological polar surface area (TPSA) is 152 Å². The summed E-state index contributed by atoms with van der Waals surface area (Å²) in [4.78, 5) is 35.5. The lowest BCUT2D eigenvalue weighted by molar-refractivity contribution is 0.102. The van der Waals surface area contributed by atoms with Crippen molar-refractivity contribution in [1.29, 1.82) is 0 Å². The van der Waals surface area contributed by atoms with Gasteiger partial charge in [-0.3, -0.25) is 10.1 Å². The Kier molecular flexibility index (Phi) is 13.1. The number of nitrogens with two attached hydrogens (primary N) is 1. The molecule has 208 valence electrons. The van der Waals surface area contributed by atoms with E-state index >= 15 is 0 Å². The molecule has 2 amide bonds. The minimum Gasteiger partial charge on any atom is -0.447 e. The maximum absolute atomic E-state index is 12.4. The van der Waals surface area contributed by atoms with E-state index in [-0.39, 0.29) is 18.1 Å². The number of aromatic amines is 1. The van der Waals surface area contributed by atoms with Crippen LogP contribution in [0.15, 0.2) is 41.7 Å². The molecular weight excluding hydrogens is 524 g/mol. The summed E-state index contributed by atoms with van der Waals surface area (Å²) in [6.45, 7) is 7.60. The molecule has 0 bridgehead atoms. The Bertz CT molecular complexity index is 1170. The zero-order valence-electron chi connectivity index (χ0n) is 22.6. The van der Waals surface area contributed by atoms with Gasteiger partial charge in [0.25, 0.3) is 5.91 Å². The molecule has 10 nitrogen and oxygen atoms in total. The number of H-pyrrole nitrogens is 1. The normalized spacial score (nSPS) is 13.9. The van der Waals surface area contributed by atoms with E-state index in [1.54, 1.807) is 55.8 Å². The lowest BCUT2D eigenvalue weighted by Crippen LogP contribution is -2.22. The van der Waals surface area contributed by atoms with Gasteiger partial charge in [-0.1, -0.05) is 39.2 Å². The Morgan fingerprint density at radius 1 is 1.18 bits per heavy atom. The van der Waals surface area contributed by atoms with Crippen molar-refractivity contribution in [1.82, 2.24) is 20.3 Å². The number of imidazole rings is 1. The van der Waals surface area contributed by atoms with Gasteiger partial charge in [-0.2, -0.15) is 0 Å². The first kappa shape index (κ1) is 31.1. The first-order valence-electron chi connectivity index (χ1n) is 12.7. The van der Waals surface area contributed by atoms with Crippen LogP contribution in [0.25, 0.3) is 10.4 Å². The van der Waals surface area contributed by atoms with Crippen molar-refractivity contribution >= 4 is 40.3 Å². The number of hydrogen-bond acceptors (Lipinski definition) is 7. The fraction of sp³-hybridized carbons (Fsp3) is 0.462. The molecule has 3 aromatic rings. The third-order valence-corrected chi connectivity index (χ3v) is 7.45. The van der Waals surface area contributed by atoms with E-state index in [9.17, 15) is 13.8 Å². The van der Waals surface area contributed by atoms with Gasteiger partial charge in [0.2, 0.25) is 5.95 Å². The standard InChI is InChI=1S/C19H21N5O2S2.C5H11NO2.C2H6/c20-28(26)16-10-13(17(25)24-19-21-8-9-22-19)6-7-14(16)15-11-23-18(27-15)12-4-2-1-3-5-12;1-4(2)8-5(7)6-3;1-2/h6-12H,1-5,20H2,(H2,21,22,24,25);4H,1-3H3,(H,6,7);1-2H3. The molecule has 0 radical (unpaired) electrons. The number of ether oxygens (including phenoxy) is 1. The van der Waals surface area contributed by atoms with Crippen LogP contribution in [-0.4, -0.2) is 44.3 Å². The molecule has 2 aromatic heterocycles. The second kappa shape index (κ2) is 16.0. The van der Waals surface area contributed by atoms with Gasteiger partial charge in [-0.05, 0) is 38.8 Å². The lowest BCUT2D eigenvalue weighted by atomic mass is 9.90. The number of anilines is 1. The van der Waals surface area contributed by atoms with Gasteiger partial charge in [0.1, 0.15) is 11.0 Å². The predicted molar refractivity (Wildman–Crippen MR) is 153 cm³/mol. The smallest absolute Gasteiger partial charge is 0.407 e. The maximum atomic E-state index is 12.4. The molecule has 0 aliphatic heterocycles. The van der Waals surface area contributed by atoms with Gasteiger partial charge < -0.3 is 15.0 Å². The van der Waals surface area contributed by atoms with Crippen LogP contribution in [0.3, 0.4) is 0 Å². The molecule has 2 heterocycles. The number of rotatable bonds is 6. The van der Waals surface area contributed by atoms with E-state index in [0.29, 0.717) is 22.3 Å². The lowest BCUT2D eigenvalue weighted by Gasteiger charge is -2.18. The summed E-state index contributed by atoms with van der Waals surface area (Å²) in [6.07, 6.45) is 10.7. The van der Waals surface area contributed by atoms with E-state index in [1.165, 1.54) is 39.2 Å². The quantitative estimate of drug-likeness (QED) is 0.307. The number of carbonyl (C=O) groups excluding carboxylic acids is 2. The molecule has 12 heteroatoms. The molecule has 1 aromatic carbocycles. The Labute approximate surface area is 230 Å². The maximum Gasteiger partial charge on any atom is 0.407 e. The summed E-state index contributed by atoms with van der Waals surface area (Å²) in [5.41, 5.74) is 1.13. The van der Waals surface area contributed by atoms with Crippen LogP contribution in [-0.2, 0) is 15.7 Å². The summed E-state index contributed by atoms with van der Waals surface area (Å²) in [6, 6.07) is 5.06. The number of amides is 2. The Morgan fingerprint density at radius 3 is 2.45 bits per heavy atom. The fourth-order valence-corrected chi connectivity index (χ4v) is 5.60. The van der Waals surface area contributed by atoms with Crippen LogP contribution in [0, 0.1) is 0 Å². The largest absolute Gasteiger partial charge is 0.447 e. The van der Waals surface area contributed by atoms with Crippen LogP contribution in [0.5, 0.6) is 0 Å². The average molecular weight is 563 g/mol. The highest BCUT2D eigenvalue weighted by atomic mass is 32.2. The van der Waals surface area contributed by atoms with Crippen molar-refractivity contribution in [3.63, 3.8) is 0 Å². The average Bonchev–Trinajstić information content (AvgIpc) is 3.62. The van der Waals surface area contributed by atoms with Crippen molar-refractivity contribution in [2.75, 3.05) is 12.4 Å². The van der Waals surface area contributed by atoms with E-state index in [1.807, 2.05) is 20.0 Å². The number of hydrogen-bond donors (Lipinski definition) is 4. The van der Waals surface area contributed by atoms with E-state index in [2.05, 4.69) is 30.3 Å². The molecular formula is C26H38N6O4S2. The zero-order chi connectivity index (χ0) is 28.1. The van der Waals surface area contributed by atoms with Gasteiger partial charge in [0, 0.05) is 42.7 Å². The van der Waals surface area contributed by atoms with Gasteiger partial charge in [0.05, 0.1) is 20.9 Å². The highest BCUT2D eigenvalue weighted by molar-refractivity contribution is 7.82. The van der Waals surface area contributed by atoms with Gasteiger partial charge in [0.15, 0.2) is 0 Å². The predicted octanol–water partition coefficient (Wildman–Crippen LogP) is 5.59. The molecule has 4 rings (SSSR count). The van der Waals surface area contributed by atoms with E-state index < -0.39 is 11.0 Å². The molecule has 0 spiro atoms. The first-order chi connectivity index (χ1) is 18.3. The minimum atomic E-state index is -1.73. The van der Waals surface area contributed by atoms with E-state index in [4.69, 9.17) is 5.14 Å². The van der Waals surface area contributed by atoms with Crippen molar-refractivity contribution in [3.8, 4) is 10.4 Å². The third-order valence-electron chi connectivity index (χ3n) is 5.48. The second-order valence-corrected chi connectivity index (χ2v) is 10.6. The van der Waals surface area contributed by atoms with Crippen LogP contribution in [0.1, 0.15) is 81.1 Å². The van der Waals surface area contributed by atoms with Gasteiger partial charge in [-0.15, -0.1) is 11.3 Å². The van der Waals surface area contributed by atoms with Crippen LogP contribution in [0.2, 0.25) is 0 Å². The molecule has 1 aliphatic rings. The Morgan fingerprint density at radius 2 is 1.89 bits per heavy atom. The number of benzene rings is 1. The highest BCUT2D eigenvalue weighted by Gasteiger charge is 2.21. The summed E-state index contributed by atoms with van der Waals surface area (Å²) < 4.78 is 16.8. The summed E-state index contributed by atoms with van der Waals surface area (Å²) in [7, 11) is -0.194. The number of nitrogens with one attached hydrogen (secondary N) is 3. The number of thiazole rings is 1. The second-order valence-electron chi connectivity index (χ2n) is 8.50. The number of alkyl carbamates (subject to hydrolysis) is 1. The van der Waals surface area contributed by atoms with Crippen LogP contribution < -0.4 is 15.8 Å². The monoisotopic (exact) mass is 562 g/mol. The number of nitrogens with zero attached hydrogens (tertiary/aromatic N) is 2. The summed E-state index contributed by atoms with van der Waals surface area (Å²) in [5.74, 6) is 0.516. The summed E-state index contributed by atoms with van der Waals surface area (Å²) >= 11 is 1.63. The molecule has 1 aliphatic carbocycles. The molecule has 0 saturated heterocycles. The molecule has 1 unspecified atom stereocenters.